The van der Waals surface area contributed by atoms with Crippen LogP contribution in [0.2, 0.25) is 0 Å². The van der Waals surface area contributed by atoms with Gasteiger partial charge in [-0.05, 0) is 59.3 Å². The summed E-state index contributed by atoms with van der Waals surface area (Å²) in [6.45, 7) is 2.21. The van der Waals surface area contributed by atoms with E-state index in [2.05, 4.69) is 20.7 Å². The molecule has 0 amide bonds. The van der Waals surface area contributed by atoms with E-state index in [-0.39, 0.29) is 10.8 Å². The van der Waals surface area contributed by atoms with Crippen LogP contribution in [0.4, 0.5) is 0 Å². The Hall–Kier alpha value is -0.430. The summed E-state index contributed by atoms with van der Waals surface area (Å²) >= 11 is 3.29. The third-order valence-corrected chi connectivity index (χ3v) is 6.18. The molecule has 0 aliphatic heterocycles. The van der Waals surface area contributed by atoms with Crippen molar-refractivity contribution in [2.75, 3.05) is 6.54 Å². The van der Waals surface area contributed by atoms with Crippen molar-refractivity contribution in [3.63, 3.8) is 0 Å². The molecule has 0 aromatic heterocycles. The Bertz CT molecular complexity index is 574. The summed E-state index contributed by atoms with van der Waals surface area (Å²) in [5.74, 6) is 0.0164. The van der Waals surface area contributed by atoms with Gasteiger partial charge >= 0.3 is 0 Å². The molecule has 0 heterocycles. The highest BCUT2D eigenvalue weighted by atomic mass is 79.9. The zero-order valence-corrected chi connectivity index (χ0v) is 13.9. The second kappa shape index (κ2) is 6.56. The third-order valence-electron chi connectivity index (χ3n) is 3.78. The normalized spacial score (nSPS) is 23.8. The molecular weight excluding hydrogens is 342 g/mol. The number of hydrogen-bond donors (Lipinski definition) is 2. The first-order valence-corrected chi connectivity index (χ1v) is 9.11. The summed E-state index contributed by atoms with van der Waals surface area (Å²) in [4.78, 5) is 0.244. The summed E-state index contributed by atoms with van der Waals surface area (Å²) in [5, 5.41) is 9.88. The van der Waals surface area contributed by atoms with Crippen LogP contribution in [0.5, 0.6) is 0 Å². The molecule has 2 N–H and O–H groups in total. The van der Waals surface area contributed by atoms with Gasteiger partial charge in [-0.2, -0.15) is 0 Å². The molecule has 20 heavy (non-hydrogen) atoms. The quantitative estimate of drug-likeness (QED) is 0.865. The van der Waals surface area contributed by atoms with Crippen LogP contribution in [0.25, 0.3) is 0 Å². The van der Waals surface area contributed by atoms with Gasteiger partial charge in [-0.25, -0.2) is 13.1 Å². The van der Waals surface area contributed by atoms with E-state index in [4.69, 9.17) is 0 Å². The fourth-order valence-corrected chi connectivity index (χ4v) is 4.83. The van der Waals surface area contributed by atoms with Gasteiger partial charge in [0.25, 0.3) is 0 Å². The van der Waals surface area contributed by atoms with Crippen LogP contribution < -0.4 is 4.72 Å². The van der Waals surface area contributed by atoms with E-state index in [0.29, 0.717) is 11.0 Å². The van der Waals surface area contributed by atoms with Crippen molar-refractivity contribution in [3.05, 3.63) is 28.2 Å². The molecule has 1 aliphatic rings. The molecule has 0 saturated heterocycles. The fraction of sp³-hybridized carbons (Fsp3) is 0.571. The van der Waals surface area contributed by atoms with Crippen LogP contribution in [0.1, 0.15) is 31.2 Å². The van der Waals surface area contributed by atoms with Crippen molar-refractivity contribution in [3.8, 4) is 0 Å². The monoisotopic (exact) mass is 361 g/mol. The molecule has 2 unspecified atom stereocenters. The van der Waals surface area contributed by atoms with Crippen LogP contribution in [0, 0.1) is 12.8 Å². The first-order valence-electron chi connectivity index (χ1n) is 6.84. The Labute approximate surface area is 128 Å². The van der Waals surface area contributed by atoms with Crippen molar-refractivity contribution in [2.24, 2.45) is 5.92 Å². The van der Waals surface area contributed by atoms with Crippen LogP contribution in [0.3, 0.4) is 0 Å². The van der Waals surface area contributed by atoms with E-state index in [1.165, 1.54) is 0 Å². The first kappa shape index (κ1) is 15.9. The Kier molecular flexibility index (Phi) is 5.23. The van der Waals surface area contributed by atoms with Gasteiger partial charge in [-0.1, -0.05) is 18.9 Å². The highest BCUT2D eigenvalue weighted by molar-refractivity contribution is 9.10. The van der Waals surface area contributed by atoms with Crippen molar-refractivity contribution >= 4 is 26.0 Å². The third kappa shape index (κ3) is 3.81. The maximum Gasteiger partial charge on any atom is 0.241 e. The number of sulfonamides is 1. The molecule has 2 atom stereocenters. The summed E-state index contributed by atoms with van der Waals surface area (Å²) < 4.78 is 27.8. The molecule has 1 aromatic rings. The SMILES string of the molecule is Cc1ccc(S(=O)(=O)NCC2CCCCC2O)c(Br)c1. The molecule has 0 radical (unpaired) electrons. The van der Waals surface area contributed by atoms with Crippen LogP contribution >= 0.6 is 15.9 Å². The Morgan fingerprint density at radius 3 is 2.70 bits per heavy atom. The van der Waals surface area contributed by atoms with E-state index in [1.807, 2.05) is 6.92 Å². The number of benzene rings is 1. The predicted octanol–water partition coefficient (Wildman–Crippen LogP) is 2.59. The van der Waals surface area contributed by atoms with Gasteiger partial charge in [-0.3, -0.25) is 0 Å². The van der Waals surface area contributed by atoms with Crippen molar-refractivity contribution in [1.82, 2.24) is 4.72 Å². The number of rotatable bonds is 4. The minimum Gasteiger partial charge on any atom is -0.393 e. The lowest BCUT2D eigenvalue weighted by atomic mass is 9.87. The average molecular weight is 362 g/mol. The van der Waals surface area contributed by atoms with Crippen molar-refractivity contribution in [1.29, 1.82) is 0 Å². The van der Waals surface area contributed by atoms with Gasteiger partial charge in [0.05, 0.1) is 11.0 Å². The smallest absolute Gasteiger partial charge is 0.241 e. The van der Waals surface area contributed by atoms with E-state index in [1.54, 1.807) is 18.2 Å². The molecule has 1 aromatic carbocycles. The topological polar surface area (TPSA) is 66.4 Å². The summed E-state index contributed by atoms with van der Waals surface area (Å²) in [5.41, 5.74) is 0.999. The van der Waals surface area contributed by atoms with Gasteiger partial charge in [0.1, 0.15) is 0 Å². The zero-order valence-electron chi connectivity index (χ0n) is 11.5. The lowest BCUT2D eigenvalue weighted by molar-refractivity contribution is 0.0724. The van der Waals surface area contributed by atoms with Gasteiger partial charge < -0.3 is 5.11 Å². The van der Waals surface area contributed by atoms with E-state index >= 15 is 0 Å². The van der Waals surface area contributed by atoms with Crippen LogP contribution in [-0.2, 0) is 10.0 Å². The van der Waals surface area contributed by atoms with Gasteiger partial charge in [-0.15, -0.1) is 0 Å². The number of hydrogen-bond acceptors (Lipinski definition) is 3. The van der Waals surface area contributed by atoms with Crippen LogP contribution in [0.15, 0.2) is 27.6 Å². The first-order chi connectivity index (χ1) is 9.40. The highest BCUT2D eigenvalue weighted by Crippen LogP contribution is 2.26. The molecule has 1 aliphatic carbocycles. The minimum atomic E-state index is -3.54. The molecule has 1 fully saturated rings. The molecule has 0 bridgehead atoms. The van der Waals surface area contributed by atoms with Gasteiger partial charge in [0.2, 0.25) is 10.0 Å². The summed E-state index contributed by atoms with van der Waals surface area (Å²) in [6.07, 6.45) is 3.32. The Balaban J connectivity index is 2.07. The van der Waals surface area contributed by atoms with Gasteiger partial charge in [0.15, 0.2) is 0 Å². The van der Waals surface area contributed by atoms with E-state index in [9.17, 15) is 13.5 Å². The summed E-state index contributed by atoms with van der Waals surface area (Å²) in [6, 6.07) is 5.15. The highest BCUT2D eigenvalue weighted by Gasteiger charge is 2.25. The number of halogens is 1. The van der Waals surface area contributed by atoms with Crippen molar-refractivity contribution < 1.29 is 13.5 Å². The molecule has 1 saturated carbocycles. The Morgan fingerprint density at radius 1 is 1.35 bits per heavy atom. The maximum atomic E-state index is 12.3. The number of aryl methyl sites for hydroxylation is 1. The predicted molar refractivity (Wildman–Crippen MR) is 82.0 cm³/mol. The van der Waals surface area contributed by atoms with E-state index in [0.717, 1.165) is 31.2 Å². The molecule has 2 rings (SSSR count). The molecule has 4 nitrogen and oxygen atoms in total. The van der Waals surface area contributed by atoms with Crippen molar-refractivity contribution in [2.45, 2.75) is 43.6 Å². The minimum absolute atomic E-state index is 0.0164. The maximum absolute atomic E-state index is 12.3. The molecule has 0 spiro atoms. The van der Waals surface area contributed by atoms with Crippen LogP contribution in [-0.4, -0.2) is 26.2 Å². The number of aliphatic hydroxyl groups excluding tert-OH is 1. The molecule has 6 heteroatoms. The number of nitrogens with one attached hydrogen (secondary N) is 1. The second-order valence-corrected chi connectivity index (χ2v) is 7.99. The second-order valence-electron chi connectivity index (χ2n) is 5.40. The molecular formula is C14H20BrNO3S. The fourth-order valence-electron chi connectivity index (χ4n) is 2.54. The lowest BCUT2D eigenvalue weighted by Crippen LogP contribution is -2.36. The molecule has 112 valence electrons. The van der Waals surface area contributed by atoms with E-state index < -0.39 is 16.1 Å². The Morgan fingerprint density at radius 2 is 2.05 bits per heavy atom. The van der Waals surface area contributed by atoms with Gasteiger partial charge in [0, 0.05) is 11.0 Å². The zero-order chi connectivity index (χ0) is 14.8. The number of aliphatic hydroxyl groups is 1. The lowest BCUT2D eigenvalue weighted by Gasteiger charge is -2.27. The average Bonchev–Trinajstić information content (AvgIpc) is 2.37. The standard InChI is InChI=1S/C14H20BrNO3S/c1-10-6-7-14(12(15)8-10)20(18,19)16-9-11-4-2-3-5-13(11)17/h6-8,11,13,16-17H,2-5,9H2,1H3. The summed E-state index contributed by atoms with van der Waals surface area (Å²) in [7, 11) is -3.54. The largest absolute Gasteiger partial charge is 0.393 e.